The van der Waals surface area contributed by atoms with Gasteiger partial charge in [0.15, 0.2) is 18.3 Å². The van der Waals surface area contributed by atoms with E-state index in [1.807, 2.05) is 12.1 Å². The van der Waals surface area contributed by atoms with E-state index in [9.17, 15) is 0 Å². The van der Waals surface area contributed by atoms with Crippen LogP contribution in [0.4, 0.5) is 5.69 Å². The SMILES string of the molecule is COCOc1c(OC)cccc1Pc1ccccc1N(C)C. The Bertz CT molecular complexity index is 617. The van der Waals surface area contributed by atoms with Gasteiger partial charge >= 0.3 is 0 Å². The van der Waals surface area contributed by atoms with Crippen molar-refractivity contribution < 1.29 is 14.2 Å². The highest BCUT2D eigenvalue weighted by Crippen LogP contribution is 2.31. The van der Waals surface area contributed by atoms with Crippen LogP contribution >= 0.6 is 8.58 Å². The molecular weight excluding hydrogens is 297 g/mol. The lowest BCUT2D eigenvalue weighted by Crippen LogP contribution is -2.18. The molecule has 0 amide bonds. The molecule has 0 spiro atoms. The fraction of sp³-hybridized carbons (Fsp3) is 0.294. The van der Waals surface area contributed by atoms with Gasteiger partial charge in [0.05, 0.1) is 7.11 Å². The van der Waals surface area contributed by atoms with Crippen molar-refractivity contribution in [3.8, 4) is 11.5 Å². The van der Waals surface area contributed by atoms with Crippen molar-refractivity contribution in [1.82, 2.24) is 0 Å². The lowest BCUT2D eigenvalue weighted by atomic mass is 10.3. The quantitative estimate of drug-likeness (QED) is 0.579. The van der Waals surface area contributed by atoms with Gasteiger partial charge in [0.1, 0.15) is 0 Å². The summed E-state index contributed by atoms with van der Waals surface area (Å²) in [5.74, 6) is 1.48. The predicted molar refractivity (Wildman–Crippen MR) is 93.9 cm³/mol. The number of methoxy groups -OCH3 is 2. The number of para-hydroxylation sites is 2. The summed E-state index contributed by atoms with van der Waals surface area (Å²) in [6, 6.07) is 14.3. The normalized spacial score (nSPS) is 10.9. The molecule has 2 rings (SSSR count). The van der Waals surface area contributed by atoms with Crippen LogP contribution in [0.3, 0.4) is 0 Å². The number of benzene rings is 2. The first kappa shape index (κ1) is 16.6. The molecule has 2 aromatic rings. The van der Waals surface area contributed by atoms with E-state index in [1.54, 1.807) is 14.2 Å². The van der Waals surface area contributed by atoms with E-state index < -0.39 is 0 Å². The Balaban J connectivity index is 2.37. The molecule has 0 N–H and O–H groups in total. The Morgan fingerprint density at radius 2 is 1.68 bits per heavy atom. The summed E-state index contributed by atoms with van der Waals surface area (Å²) >= 11 is 0. The molecule has 22 heavy (non-hydrogen) atoms. The van der Waals surface area contributed by atoms with Gasteiger partial charge in [-0.2, -0.15) is 0 Å². The second-order valence-electron chi connectivity index (χ2n) is 4.92. The standard InChI is InChI=1S/C17H22NO3P/c1-18(2)13-8-5-6-10-15(13)22-16-11-7-9-14(20-4)17(16)21-12-19-3/h5-11,22H,12H2,1-4H3. The van der Waals surface area contributed by atoms with E-state index in [-0.39, 0.29) is 6.79 Å². The molecule has 0 saturated carbocycles. The highest BCUT2D eigenvalue weighted by molar-refractivity contribution is 7.56. The molecule has 2 aromatic carbocycles. The van der Waals surface area contributed by atoms with Crippen LogP contribution in [0.5, 0.6) is 11.5 Å². The van der Waals surface area contributed by atoms with E-state index in [2.05, 4.69) is 49.3 Å². The highest BCUT2D eigenvalue weighted by atomic mass is 31.1. The maximum atomic E-state index is 5.73. The molecule has 0 aliphatic heterocycles. The van der Waals surface area contributed by atoms with Crippen molar-refractivity contribution in [3.63, 3.8) is 0 Å². The Hall–Kier alpha value is -1.77. The molecule has 0 bridgehead atoms. The molecule has 4 nitrogen and oxygen atoms in total. The molecule has 0 radical (unpaired) electrons. The minimum Gasteiger partial charge on any atom is -0.493 e. The Labute approximate surface area is 133 Å². The van der Waals surface area contributed by atoms with Gasteiger partial charge in [-0.25, -0.2) is 0 Å². The van der Waals surface area contributed by atoms with E-state index in [0.717, 1.165) is 16.8 Å². The van der Waals surface area contributed by atoms with Crippen molar-refractivity contribution in [1.29, 1.82) is 0 Å². The first-order valence-corrected chi connectivity index (χ1v) is 7.99. The smallest absolute Gasteiger partial charge is 0.188 e. The number of nitrogens with zero attached hydrogens (tertiary/aromatic N) is 1. The zero-order valence-electron chi connectivity index (χ0n) is 13.4. The Morgan fingerprint density at radius 3 is 2.36 bits per heavy atom. The van der Waals surface area contributed by atoms with Gasteiger partial charge in [-0.3, -0.25) is 0 Å². The van der Waals surface area contributed by atoms with Crippen LogP contribution in [-0.4, -0.2) is 35.1 Å². The topological polar surface area (TPSA) is 30.9 Å². The molecule has 0 fully saturated rings. The van der Waals surface area contributed by atoms with Crippen LogP contribution in [0.25, 0.3) is 0 Å². The lowest BCUT2D eigenvalue weighted by molar-refractivity contribution is 0.0500. The first-order valence-electron chi connectivity index (χ1n) is 6.99. The van der Waals surface area contributed by atoms with Gasteiger partial charge in [0, 0.05) is 37.5 Å². The summed E-state index contributed by atoms with van der Waals surface area (Å²) < 4.78 is 16.2. The molecular formula is C17H22NO3P. The van der Waals surface area contributed by atoms with E-state index in [1.165, 1.54) is 11.0 Å². The van der Waals surface area contributed by atoms with Crippen molar-refractivity contribution in [2.24, 2.45) is 0 Å². The molecule has 5 heteroatoms. The number of hydrogen-bond acceptors (Lipinski definition) is 4. The van der Waals surface area contributed by atoms with Crippen LogP contribution in [0.15, 0.2) is 42.5 Å². The largest absolute Gasteiger partial charge is 0.493 e. The summed E-state index contributed by atoms with van der Waals surface area (Å²) in [6.07, 6.45) is 0. The summed E-state index contributed by atoms with van der Waals surface area (Å²) in [7, 11) is 7.84. The summed E-state index contributed by atoms with van der Waals surface area (Å²) in [5, 5.41) is 2.37. The van der Waals surface area contributed by atoms with Gasteiger partial charge < -0.3 is 19.1 Å². The third-order valence-electron chi connectivity index (χ3n) is 3.18. The maximum absolute atomic E-state index is 5.73. The molecule has 0 aliphatic carbocycles. The molecule has 0 aromatic heterocycles. The molecule has 0 saturated heterocycles. The highest BCUT2D eigenvalue weighted by Gasteiger charge is 2.13. The lowest BCUT2D eigenvalue weighted by Gasteiger charge is -2.19. The predicted octanol–water partition coefficient (Wildman–Crippen LogP) is 2.37. The van der Waals surface area contributed by atoms with Crippen LogP contribution in [0.1, 0.15) is 0 Å². The fourth-order valence-electron chi connectivity index (χ4n) is 2.16. The summed E-state index contributed by atoms with van der Waals surface area (Å²) in [4.78, 5) is 2.12. The number of anilines is 1. The van der Waals surface area contributed by atoms with Crippen LogP contribution in [-0.2, 0) is 4.74 Å². The van der Waals surface area contributed by atoms with E-state index in [4.69, 9.17) is 14.2 Å². The monoisotopic (exact) mass is 319 g/mol. The number of hydrogen-bond donors (Lipinski definition) is 0. The van der Waals surface area contributed by atoms with Crippen molar-refractivity contribution >= 4 is 24.9 Å². The zero-order chi connectivity index (χ0) is 15.9. The summed E-state index contributed by atoms with van der Waals surface area (Å²) in [5.41, 5.74) is 1.21. The van der Waals surface area contributed by atoms with E-state index >= 15 is 0 Å². The first-order chi connectivity index (χ1) is 10.7. The minimum absolute atomic E-state index is 0.202. The van der Waals surface area contributed by atoms with Gasteiger partial charge in [0.2, 0.25) is 0 Å². The average Bonchev–Trinajstić information content (AvgIpc) is 2.53. The third kappa shape index (κ3) is 3.90. The fourth-order valence-corrected chi connectivity index (χ4v) is 3.55. The van der Waals surface area contributed by atoms with Crippen LogP contribution in [0, 0.1) is 0 Å². The zero-order valence-corrected chi connectivity index (χ0v) is 14.4. The molecule has 1 atom stereocenters. The molecule has 0 heterocycles. The van der Waals surface area contributed by atoms with Gasteiger partial charge in [-0.1, -0.05) is 38.9 Å². The van der Waals surface area contributed by atoms with Gasteiger partial charge in [-0.15, -0.1) is 0 Å². The van der Waals surface area contributed by atoms with Crippen LogP contribution in [0.2, 0.25) is 0 Å². The second-order valence-corrected chi connectivity index (χ2v) is 6.25. The van der Waals surface area contributed by atoms with Crippen LogP contribution < -0.4 is 25.0 Å². The summed E-state index contributed by atoms with van der Waals surface area (Å²) in [6.45, 7) is 0.202. The molecule has 1 unspecified atom stereocenters. The third-order valence-corrected chi connectivity index (χ3v) is 4.53. The second kappa shape index (κ2) is 8.02. The average molecular weight is 319 g/mol. The Morgan fingerprint density at radius 1 is 0.955 bits per heavy atom. The van der Waals surface area contributed by atoms with Crippen molar-refractivity contribution in [2.45, 2.75) is 0 Å². The number of rotatable bonds is 7. The molecule has 0 aliphatic rings. The van der Waals surface area contributed by atoms with Gasteiger partial charge in [-0.05, 0) is 12.1 Å². The van der Waals surface area contributed by atoms with Crippen molar-refractivity contribution in [3.05, 3.63) is 42.5 Å². The maximum Gasteiger partial charge on any atom is 0.188 e. The van der Waals surface area contributed by atoms with Gasteiger partial charge in [0.25, 0.3) is 0 Å². The van der Waals surface area contributed by atoms with Crippen molar-refractivity contribution in [2.75, 3.05) is 40.0 Å². The minimum atomic E-state index is 0.202. The molecule has 118 valence electrons. The number of ether oxygens (including phenoxy) is 3. The Kier molecular flexibility index (Phi) is 6.05. The van der Waals surface area contributed by atoms with E-state index in [0.29, 0.717) is 8.58 Å².